The fourth-order valence-corrected chi connectivity index (χ4v) is 8.11. The summed E-state index contributed by atoms with van der Waals surface area (Å²) >= 11 is 0. The summed E-state index contributed by atoms with van der Waals surface area (Å²) < 4.78 is 16.8. The molecular weight excluding hydrogens is 889 g/mol. The second-order valence-corrected chi connectivity index (χ2v) is 19.5. The molecule has 0 rings (SSSR count). The molecular formula is C66H110O6. The second-order valence-electron chi connectivity index (χ2n) is 19.5. The van der Waals surface area contributed by atoms with E-state index in [-0.39, 0.29) is 31.1 Å². The fraction of sp³-hybridized carbons (Fsp3) is 0.682. The summed E-state index contributed by atoms with van der Waals surface area (Å²) in [5, 5.41) is 0. The molecule has 0 bridgehead atoms. The van der Waals surface area contributed by atoms with Gasteiger partial charge >= 0.3 is 17.9 Å². The molecule has 410 valence electrons. The number of hydrogen-bond acceptors (Lipinski definition) is 6. The molecule has 0 saturated heterocycles. The van der Waals surface area contributed by atoms with Gasteiger partial charge in [0.15, 0.2) is 6.10 Å². The molecule has 1 unspecified atom stereocenters. The molecule has 0 aromatic carbocycles. The van der Waals surface area contributed by atoms with E-state index < -0.39 is 6.10 Å². The highest BCUT2D eigenvalue weighted by molar-refractivity contribution is 5.71. The van der Waals surface area contributed by atoms with E-state index in [0.29, 0.717) is 19.3 Å². The summed E-state index contributed by atoms with van der Waals surface area (Å²) in [6, 6.07) is 0. The van der Waals surface area contributed by atoms with E-state index >= 15 is 0 Å². The lowest BCUT2D eigenvalue weighted by molar-refractivity contribution is -0.167. The van der Waals surface area contributed by atoms with Crippen molar-refractivity contribution in [3.05, 3.63) is 109 Å². The molecule has 0 aliphatic rings. The number of carbonyl (C=O) groups is 3. The van der Waals surface area contributed by atoms with Crippen molar-refractivity contribution < 1.29 is 28.6 Å². The number of ether oxygens (including phenoxy) is 3. The van der Waals surface area contributed by atoms with Crippen LogP contribution < -0.4 is 0 Å². The van der Waals surface area contributed by atoms with E-state index in [1.165, 1.54) is 109 Å². The fourth-order valence-electron chi connectivity index (χ4n) is 8.11. The van der Waals surface area contributed by atoms with Crippen LogP contribution in [0.15, 0.2) is 109 Å². The third-order valence-electron chi connectivity index (χ3n) is 12.5. The van der Waals surface area contributed by atoms with Gasteiger partial charge in [0.05, 0.1) is 0 Å². The minimum atomic E-state index is -0.784. The van der Waals surface area contributed by atoms with Crippen molar-refractivity contribution in [1.82, 2.24) is 0 Å². The number of unbranched alkanes of at least 4 members (excludes halogenated alkanes) is 24. The summed E-state index contributed by atoms with van der Waals surface area (Å²) in [6.45, 7) is 6.38. The molecule has 0 amide bonds. The monoisotopic (exact) mass is 999 g/mol. The smallest absolute Gasteiger partial charge is 0.306 e. The Bertz CT molecular complexity index is 1470. The molecule has 0 spiro atoms. The Kier molecular flexibility index (Phi) is 56.4. The first-order valence-electron chi connectivity index (χ1n) is 29.9. The Balaban J connectivity index is 4.19. The van der Waals surface area contributed by atoms with Crippen LogP contribution in [-0.4, -0.2) is 37.2 Å². The molecule has 0 radical (unpaired) electrons. The van der Waals surface area contributed by atoms with Gasteiger partial charge in [-0.25, -0.2) is 0 Å². The molecule has 0 aliphatic carbocycles. The lowest BCUT2D eigenvalue weighted by Gasteiger charge is -2.18. The van der Waals surface area contributed by atoms with Gasteiger partial charge in [-0.05, 0) is 103 Å². The largest absolute Gasteiger partial charge is 0.462 e. The maximum absolute atomic E-state index is 12.8. The van der Waals surface area contributed by atoms with E-state index in [9.17, 15) is 14.4 Å². The number of carbonyl (C=O) groups excluding carboxylic acids is 3. The zero-order valence-electron chi connectivity index (χ0n) is 46.9. The molecule has 6 nitrogen and oxygen atoms in total. The average Bonchev–Trinajstić information content (AvgIpc) is 3.38. The summed E-state index contributed by atoms with van der Waals surface area (Å²) in [7, 11) is 0. The highest BCUT2D eigenvalue weighted by Gasteiger charge is 2.19. The van der Waals surface area contributed by atoms with Crippen LogP contribution in [0, 0.1) is 0 Å². The molecule has 0 aliphatic heterocycles. The normalized spacial score (nSPS) is 12.9. The van der Waals surface area contributed by atoms with Gasteiger partial charge in [0.25, 0.3) is 0 Å². The van der Waals surface area contributed by atoms with Crippen LogP contribution in [0.3, 0.4) is 0 Å². The second kappa shape index (κ2) is 59.6. The van der Waals surface area contributed by atoms with Crippen LogP contribution in [0.5, 0.6) is 0 Å². The van der Waals surface area contributed by atoms with E-state index in [2.05, 4.69) is 130 Å². The highest BCUT2D eigenvalue weighted by atomic mass is 16.6. The van der Waals surface area contributed by atoms with E-state index in [0.717, 1.165) is 122 Å². The van der Waals surface area contributed by atoms with Crippen molar-refractivity contribution in [3.63, 3.8) is 0 Å². The van der Waals surface area contributed by atoms with Crippen LogP contribution in [0.1, 0.15) is 271 Å². The predicted octanol–water partition coefficient (Wildman–Crippen LogP) is 20.3. The van der Waals surface area contributed by atoms with Gasteiger partial charge in [-0.15, -0.1) is 0 Å². The Morgan fingerprint density at radius 1 is 0.292 bits per heavy atom. The Morgan fingerprint density at radius 3 is 0.847 bits per heavy atom. The minimum absolute atomic E-state index is 0.0825. The Morgan fingerprint density at radius 2 is 0.542 bits per heavy atom. The van der Waals surface area contributed by atoms with Crippen molar-refractivity contribution >= 4 is 17.9 Å². The zero-order chi connectivity index (χ0) is 52.2. The Hall–Kier alpha value is -3.93. The SMILES string of the molecule is CC/C=C\C/C=C\C/C=C\C/C=C\C/C=C\C/C=C\CCCCCCCCCCCCC(=O)OCC(COC(=O)CCCCCCCCCC)OC(=O)CCCCCCCCC/C=C\C/C=C\C/C=C\CC. The third kappa shape index (κ3) is 57.0. The van der Waals surface area contributed by atoms with Crippen molar-refractivity contribution in [3.8, 4) is 0 Å². The summed E-state index contributed by atoms with van der Waals surface area (Å²) in [5.74, 6) is -0.899. The van der Waals surface area contributed by atoms with Crippen molar-refractivity contribution in [2.24, 2.45) is 0 Å². The van der Waals surface area contributed by atoms with Gasteiger partial charge < -0.3 is 14.2 Å². The first-order valence-corrected chi connectivity index (χ1v) is 29.9. The van der Waals surface area contributed by atoms with Crippen molar-refractivity contribution in [1.29, 1.82) is 0 Å². The molecule has 0 saturated carbocycles. The third-order valence-corrected chi connectivity index (χ3v) is 12.5. The van der Waals surface area contributed by atoms with Crippen molar-refractivity contribution in [2.45, 2.75) is 277 Å². The molecule has 0 aromatic heterocycles. The maximum atomic E-state index is 12.8. The van der Waals surface area contributed by atoms with Gasteiger partial charge in [-0.1, -0.05) is 259 Å². The van der Waals surface area contributed by atoms with Gasteiger partial charge in [-0.2, -0.15) is 0 Å². The first kappa shape index (κ1) is 68.1. The average molecular weight is 1000 g/mol. The van der Waals surface area contributed by atoms with Crippen LogP contribution in [0.25, 0.3) is 0 Å². The Labute approximate surface area is 444 Å². The lowest BCUT2D eigenvalue weighted by Crippen LogP contribution is -2.30. The van der Waals surface area contributed by atoms with Crippen molar-refractivity contribution in [2.75, 3.05) is 13.2 Å². The van der Waals surface area contributed by atoms with E-state index in [4.69, 9.17) is 14.2 Å². The van der Waals surface area contributed by atoms with Gasteiger partial charge in [-0.3, -0.25) is 14.4 Å². The summed E-state index contributed by atoms with van der Waals surface area (Å²) in [4.78, 5) is 38.0. The molecule has 1 atom stereocenters. The molecule has 0 heterocycles. The van der Waals surface area contributed by atoms with E-state index in [1.54, 1.807) is 0 Å². The number of hydrogen-bond donors (Lipinski definition) is 0. The van der Waals surface area contributed by atoms with Crippen LogP contribution >= 0.6 is 0 Å². The van der Waals surface area contributed by atoms with Gasteiger partial charge in [0.1, 0.15) is 13.2 Å². The standard InChI is InChI=1S/C66H110O6/c1-4-7-10-13-16-19-21-23-25-27-28-29-30-31-32-33-34-35-36-37-38-40-41-43-45-47-50-53-56-59-65(68)71-62-63(61-70-64(67)58-55-52-49-18-15-12-9-6-3)72-66(69)60-57-54-51-48-46-44-42-39-26-24-22-20-17-14-11-8-5-2/h7-8,10-11,16-17,19-20,23-26,28-29,31-32,34-35,63H,4-6,9,12-15,18,21-22,27,30,33,36-62H2,1-3H3/b10-7-,11-8-,19-16-,20-17-,25-23-,26-24-,29-28-,32-31-,35-34-. The number of esters is 3. The van der Waals surface area contributed by atoms with Gasteiger partial charge in [0, 0.05) is 19.3 Å². The summed E-state index contributed by atoms with van der Waals surface area (Å²) in [5.41, 5.74) is 0. The molecule has 0 fully saturated rings. The highest BCUT2D eigenvalue weighted by Crippen LogP contribution is 2.15. The maximum Gasteiger partial charge on any atom is 0.306 e. The minimum Gasteiger partial charge on any atom is -0.462 e. The number of rotatable bonds is 53. The number of allylic oxidation sites excluding steroid dienone is 18. The van der Waals surface area contributed by atoms with E-state index in [1.807, 2.05) is 0 Å². The molecule has 72 heavy (non-hydrogen) atoms. The summed E-state index contributed by atoms with van der Waals surface area (Å²) in [6.07, 6.45) is 81.0. The first-order chi connectivity index (χ1) is 35.5. The molecule has 6 heteroatoms. The molecule has 0 aromatic rings. The van der Waals surface area contributed by atoms with Gasteiger partial charge in [0.2, 0.25) is 0 Å². The predicted molar refractivity (Wildman–Crippen MR) is 311 cm³/mol. The van der Waals surface area contributed by atoms with Crippen LogP contribution in [0.2, 0.25) is 0 Å². The lowest BCUT2D eigenvalue weighted by atomic mass is 10.1. The molecule has 0 N–H and O–H groups in total. The zero-order valence-corrected chi connectivity index (χ0v) is 46.9. The topological polar surface area (TPSA) is 78.9 Å². The quantitative estimate of drug-likeness (QED) is 0.0261. The van der Waals surface area contributed by atoms with Crippen LogP contribution in [-0.2, 0) is 28.6 Å². The van der Waals surface area contributed by atoms with Crippen LogP contribution in [0.4, 0.5) is 0 Å².